The van der Waals surface area contributed by atoms with Crippen LogP contribution in [0.2, 0.25) is 0 Å². The Hall–Kier alpha value is 0.130. The van der Waals surface area contributed by atoms with E-state index in [4.69, 9.17) is 57.7 Å². The average Bonchev–Trinajstić information content (AvgIpc) is 1.41. The molecule has 0 fully saturated rings. The third-order valence-corrected chi connectivity index (χ3v) is 0. The minimum atomic E-state index is -5.39. The highest BCUT2D eigenvalue weighted by atomic mass is 31.2. The van der Waals surface area contributed by atoms with Gasteiger partial charge in [-0.1, -0.05) is 0 Å². The molecule has 0 aliphatic heterocycles. The molecule has 0 aromatic rings. The van der Waals surface area contributed by atoms with Crippen molar-refractivity contribution in [3.05, 3.63) is 0 Å². The highest BCUT2D eigenvalue weighted by molar-refractivity contribution is 7.40. The molecule has 0 bridgehead atoms. The van der Waals surface area contributed by atoms with E-state index in [1.807, 2.05) is 0 Å². The van der Waals surface area contributed by atoms with Gasteiger partial charge in [0.05, 0.1) is 0 Å². The number of rotatable bonds is 0. The molecule has 0 saturated heterocycles. The summed E-state index contributed by atoms with van der Waals surface area (Å²) in [6.07, 6.45) is 0. The van der Waals surface area contributed by atoms with Gasteiger partial charge >= 0.3 is 0 Å². The SMILES string of the molecule is O=P([O-])([O-])[O-].O=P([O-])([O-])[O-].O=P([O-])([O-])[O-].[NH4+].[NH4+].[NH4+].[NH4+].[NH4+]. The topological polar surface area (TPSA) is 441 Å². The maximum atomic E-state index is 8.55. The molecule has 0 aliphatic carbocycles. The first-order valence-electron chi connectivity index (χ1n) is 2.19. The Balaban J connectivity index is -0.0000000160. The van der Waals surface area contributed by atoms with Gasteiger partial charge in [0.25, 0.3) is 0 Å². The Morgan fingerprint density at radius 3 is 0.350 bits per heavy atom. The predicted molar refractivity (Wildman–Crippen MR) is 52.7 cm³/mol. The molecule has 0 aliphatic rings. The van der Waals surface area contributed by atoms with Crippen molar-refractivity contribution in [2.45, 2.75) is 0 Å². The third-order valence-electron chi connectivity index (χ3n) is 0. The highest BCUT2D eigenvalue weighted by Crippen LogP contribution is 2.04. The molecule has 0 unspecified atom stereocenters. The van der Waals surface area contributed by atoms with E-state index < -0.39 is 23.5 Å². The van der Waals surface area contributed by atoms with Gasteiger partial charge in [-0.25, -0.2) is 0 Å². The summed E-state index contributed by atoms with van der Waals surface area (Å²) in [6.45, 7) is 0. The summed E-state index contributed by atoms with van der Waals surface area (Å²) in [5.41, 5.74) is 0. The number of hydrogen-bond donors (Lipinski definition) is 5. The number of phosphoric acid groups is 3. The van der Waals surface area contributed by atoms with Crippen LogP contribution in [-0.2, 0) is 13.7 Å². The second-order valence-corrected chi connectivity index (χ2v) is 4.02. The maximum absolute atomic E-state index is 8.55. The summed E-state index contributed by atoms with van der Waals surface area (Å²) in [4.78, 5) is 76.9. The summed E-state index contributed by atoms with van der Waals surface area (Å²) in [5.74, 6) is 0. The third kappa shape index (κ3) is 315000. The lowest BCUT2D eigenvalue weighted by molar-refractivity contribution is -0.434. The van der Waals surface area contributed by atoms with Crippen molar-refractivity contribution < 1.29 is 57.7 Å². The van der Waals surface area contributed by atoms with Crippen LogP contribution in [0, 0.1) is 0 Å². The Kier molecular flexibility index (Phi) is 47.9. The molecule has 136 valence electrons. The van der Waals surface area contributed by atoms with E-state index in [0.29, 0.717) is 0 Å². The van der Waals surface area contributed by atoms with Gasteiger partial charge in [-0.2, -0.15) is 23.5 Å². The van der Waals surface area contributed by atoms with Crippen molar-refractivity contribution in [3.8, 4) is 0 Å². The monoisotopic (exact) mass is 375 g/mol. The summed E-state index contributed by atoms with van der Waals surface area (Å²) < 4.78 is 25.6. The van der Waals surface area contributed by atoms with Crippen LogP contribution in [0.1, 0.15) is 0 Å². The second-order valence-electron chi connectivity index (χ2n) is 1.34. The zero-order chi connectivity index (χ0) is 13.5. The van der Waals surface area contributed by atoms with Crippen molar-refractivity contribution >= 4 is 23.5 Å². The van der Waals surface area contributed by atoms with Gasteiger partial charge in [-0.15, -0.1) is 0 Å². The molecule has 20 N–H and O–H groups in total. The van der Waals surface area contributed by atoms with Crippen molar-refractivity contribution in [1.29, 1.82) is 0 Å². The number of quaternary nitrogens is 5. The molecule has 0 spiro atoms. The van der Waals surface area contributed by atoms with E-state index in [9.17, 15) is 0 Å². The van der Waals surface area contributed by atoms with Crippen molar-refractivity contribution in [2.75, 3.05) is 0 Å². The van der Waals surface area contributed by atoms with Gasteiger partial charge in [-0.05, 0) is 0 Å². The first-order chi connectivity index (χ1) is 6.00. The molecule has 0 heterocycles. The fourth-order valence-electron chi connectivity index (χ4n) is 0. The van der Waals surface area contributed by atoms with E-state index in [0.717, 1.165) is 0 Å². The molecular weight excluding hydrogens is 355 g/mol. The first-order valence-corrected chi connectivity index (χ1v) is 6.57. The van der Waals surface area contributed by atoms with Crippen LogP contribution in [0.15, 0.2) is 0 Å². The van der Waals surface area contributed by atoms with Crippen LogP contribution >= 0.6 is 23.5 Å². The summed E-state index contributed by atoms with van der Waals surface area (Å²) in [7, 11) is -16.2. The molecule has 17 nitrogen and oxygen atoms in total. The van der Waals surface area contributed by atoms with Crippen molar-refractivity contribution in [3.63, 3.8) is 0 Å². The van der Waals surface area contributed by atoms with Gasteiger partial charge in [0, 0.05) is 0 Å². The smallest absolute Gasteiger partial charge is 0.159 e. The predicted octanol–water partition coefficient (Wildman–Crippen LogP) is -6.59. The van der Waals surface area contributed by atoms with Crippen LogP contribution in [0.25, 0.3) is 0 Å². The van der Waals surface area contributed by atoms with Gasteiger partial charge in [0.2, 0.25) is 0 Å². The first kappa shape index (κ1) is 50.1. The van der Waals surface area contributed by atoms with Crippen molar-refractivity contribution in [2.24, 2.45) is 0 Å². The normalized spacial score (nSPS) is 8.85. The molecule has 20 heteroatoms. The van der Waals surface area contributed by atoms with Crippen LogP contribution < -0.4 is 74.8 Å². The fourth-order valence-corrected chi connectivity index (χ4v) is 0. The summed E-state index contributed by atoms with van der Waals surface area (Å²) in [5, 5.41) is 0. The second kappa shape index (κ2) is 19.1. The van der Waals surface area contributed by atoms with Gasteiger partial charge in [0.1, 0.15) is 0 Å². The lowest BCUT2D eigenvalue weighted by Gasteiger charge is -2.36. The molecular formula is H20N5O12P3-4. The van der Waals surface area contributed by atoms with Crippen molar-refractivity contribution in [1.82, 2.24) is 30.8 Å². The van der Waals surface area contributed by atoms with Crippen LogP contribution in [-0.4, -0.2) is 0 Å². The zero-order valence-electron chi connectivity index (χ0n) is 11.2. The van der Waals surface area contributed by atoms with Crippen LogP contribution in [0.4, 0.5) is 0 Å². The fraction of sp³-hybridized carbons (Fsp3) is 0. The maximum Gasteiger partial charge on any atom is -0.159 e. The standard InChI is InChI=1S/5H3N.3H3O4P/c;;;;;3*1-5(2,3)4/h5*1H3;3*(H3,1,2,3,4)/p-4. The van der Waals surface area contributed by atoms with E-state index in [-0.39, 0.29) is 30.8 Å². The minimum absolute atomic E-state index is 0. The molecule has 0 atom stereocenters. The zero-order valence-corrected chi connectivity index (χ0v) is 13.9. The largest absolute Gasteiger partial charge is 0.822 e. The lowest BCUT2D eigenvalue weighted by Crippen LogP contribution is -2.24. The van der Waals surface area contributed by atoms with E-state index >= 15 is 0 Å². The molecule has 0 saturated carbocycles. The summed E-state index contributed by atoms with van der Waals surface area (Å²) in [6, 6.07) is 0. The molecule has 0 aromatic carbocycles. The number of hydrogen-bond acceptors (Lipinski definition) is 12. The molecule has 0 radical (unpaired) electrons. The molecule has 0 aromatic heterocycles. The Bertz CT molecular complexity index is 213. The minimum Gasteiger partial charge on any atom is -0.822 e. The Labute approximate surface area is 113 Å². The molecule has 20 heavy (non-hydrogen) atoms. The Morgan fingerprint density at radius 2 is 0.350 bits per heavy atom. The highest BCUT2D eigenvalue weighted by Gasteiger charge is 1.45. The van der Waals surface area contributed by atoms with E-state index in [1.54, 1.807) is 0 Å². The van der Waals surface area contributed by atoms with E-state index in [1.165, 1.54) is 0 Å². The van der Waals surface area contributed by atoms with Gasteiger partial charge in [-0.3, -0.25) is 0 Å². The summed E-state index contributed by atoms with van der Waals surface area (Å²) >= 11 is 0. The lowest BCUT2D eigenvalue weighted by atomic mass is 14.0. The van der Waals surface area contributed by atoms with E-state index in [2.05, 4.69) is 0 Å². The average molecular weight is 375 g/mol. The van der Waals surface area contributed by atoms with Gasteiger partial charge < -0.3 is 88.5 Å². The van der Waals surface area contributed by atoms with Crippen LogP contribution in [0.5, 0.6) is 0 Å². The Morgan fingerprint density at radius 1 is 0.350 bits per heavy atom. The van der Waals surface area contributed by atoms with Crippen LogP contribution in [0.3, 0.4) is 0 Å². The van der Waals surface area contributed by atoms with Gasteiger partial charge in [0.15, 0.2) is 0 Å². The molecule has 0 amide bonds. The molecule has 0 rings (SSSR count). The quantitative estimate of drug-likeness (QED) is 0.246.